The second-order valence-corrected chi connectivity index (χ2v) is 17.9. The molecule has 0 aliphatic rings. The molecule has 0 spiro atoms. The van der Waals surface area contributed by atoms with Crippen molar-refractivity contribution in [2.75, 3.05) is 0 Å². The average Bonchev–Trinajstić information content (AvgIpc) is 3.27. The molecule has 0 aliphatic heterocycles. The fourth-order valence-corrected chi connectivity index (χ4v) is 11.1. The zero-order valence-corrected chi connectivity index (χ0v) is 19.3. The molecule has 7 nitrogen and oxygen atoms in total. The van der Waals surface area contributed by atoms with Crippen molar-refractivity contribution < 1.29 is 0 Å². The molecule has 2 aromatic heterocycles. The van der Waals surface area contributed by atoms with Gasteiger partial charge < -0.3 is 0 Å². The second kappa shape index (κ2) is 8.30. The maximum absolute atomic E-state index is 13.0. The van der Waals surface area contributed by atoms with Crippen LogP contribution in [0.3, 0.4) is 0 Å². The summed E-state index contributed by atoms with van der Waals surface area (Å²) < 4.78 is 4.58. The van der Waals surface area contributed by atoms with Gasteiger partial charge in [0.15, 0.2) is 0 Å². The summed E-state index contributed by atoms with van der Waals surface area (Å²) in [7, 11) is 1.87. The normalized spacial score (nSPS) is 12.2. The van der Waals surface area contributed by atoms with Crippen molar-refractivity contribution in [2.45, 2.75) is 43.5 Å². The van der Waals surface area contributed by atoms with E-state index in [1.807, 2.05) is 49.0 Å². The number of H-pyrrole nitrogens is 1. The molecule has 0 unspecified atom stereocenters. The number of aromatic nitrogens is 5. The number of hydrogen-bond acceptors (Lipinski definition) is 4. The van der Waals surface area contributed by atoms with E-state index in [-0.39, 0.29) is 5.56 Å². The van der Waals surface area contributed by atoms with Gasteiger partial charge in [0.05, 0.1) is 0 Å². The predicted octanol–water partition coefficient (Wildman–Crippen LogP) is 3.07. The quantitative estimate of drug-likeness (QED) is 0.452. The Bertz CT molecular complexity index is 1020. The Kier molecular flexibility index (Phi) is 6.02. The van der Waals surface area contributed by atoms with E-state index in [0.717, 1.165) is 37.4 Å². The van der Waals surface area contributed by atoms with Crippen molar-refractivity contribution in [2.24, 2.45) is 12.0 Å². The molecule has 3 aromatic rings. The molecule has 0 radical (unpaired) electrons. The number of hydrogen-bond donors (Lipinski definition) is 1. The Labute approximate surface area is 167 Å². The van der Waals surface area contributed by atoms with Gasteiger partial charge >= 0.3 is 168 Å². The van der Waals surface area contributed by atoms with Crippen LogP contribution in [0, 0.1) is 6.92 Å². The van der Waals surface area contributed by atoms with E-state index < -0.39 is 13.3 Å². The number of para-hydroxylation sites is 1. The molecule has 148 valence electrons. The van der Waals surface area contributed by atoms with Crippen LogP contribution in [0.2, 0.25) is 15.8 Å². The molecule has 3 rings (SSSR count). The molecule has 0 fully saturated rings. The van der Waals surface area contributed by atoms with Crippen LogP contribution >= 0.6 is 0 Å². The number of nitrogens with zero attached hydrogens (tertiary/aromatic N) is 5. The number of nitrogens with one attached hydrogen (secondary N) is 1. The average molecular weight is 441 g/mol. The third kappa shape index (κ3) is 3.39. The van der Waals surface area contributed by atoms with E-state index in [4.69, 9.17) is 0 Å². The van der Waals surface area contributed by atoms with Crippen LogP contribution in [0.5, 0.6) is 0 Å². The van der Waals surface area contributed by atoms with Crippen LogP contribution in [0.25, 0.3) is 5.69 Å². The zero-order chi connectivity index (χ0) is 20.3. The van der Waals surface area contributed by atoms with E-state index in [1.54, 1.807) is 10.9 Å². The van der Waals surface area contributed by atoms with Gasteiger partial charge in [-0.1, -0.05) is 0 Å². The van der Waals surface area contributed by atoms with Gasteiger partial charge in [0.1, 0.15) is 0 Å². The second-order valence-electron chi connectivity index (χ2n) is 7.07. The molecule has 0 saturated heterocycles. The minimum absolute atomic E-state index is 0.137. The number of aliphatic imine (C=N–C) groups is 1. The van der Waals surface area contributed by atoms with Crippen LogP contribution in [-0.4, -0.2) is 44.3 Å². The van der Waals surface area contributed by atoms with Gasteiger partial charge in [-0.05, 0) is 0 Å². The molecule has 0 amide bonds. The molecule has 0 saturated carbocycles. The van der Waals surface area contributed by atoms with Crippen LogP contribution in [0.1, 0.15) is 32.2 Å². The predicted molar refractivity (Wildman–Crippen MR) is 116 cm³/mol. The first-order valence-electron chi connectivity index (χ1n) is 9.78. The first kappa shape index (κ1) is 20.3. The third-order valence-electron chi connectivity index (χ3n) is 5.95. The standard InChI is InChI=1S/C20H28GeN6O/c1-6-21(7-2,8-3)19-17(23-25-24-19)14-22-18-15(4)26(5)27(20(18)28)16-12-10-9-11-13-16/h9-14H,6-8H2,1-5H3,(H,23,24,25). The van der Waals surface area contributed by atoms with Gasteiger partial charge in [0.25, 0.3) is 0 Å². The van der Waals surface area contributed by atoms with Gasteiger partial charge in [-0.3, -0.25) is 0 Å². The molecule has 1 N–H and O–H groups in total. The Hall–Kier alpha value is -2.42. The van der Waals surface area contributed by atoms with E-state index in [9.17, 15) is 4.79 Å². The van der Waals surface area contributed by atoms with Crippen molar-refractivity contribution in [1.29, 1.82) is 0 Å². The van der Waals surface area contributed by atoms with Gasteiger partial charge in [-0.25, -0.2) is 0 Å². The topological polar surface area (TPSA) is 80.9 Å². The summed E-state index contributed by atoms with van der Waals surface area (Å²) in [5, 5.41) is 15.1. The first-order valence-corrected chi connectivity index (χ1v) is 15.3. The Morgan fingerprint density at radius 1 is 1.11 bits per heavy atom. The molecule has 1 aromatic carbocycles. The molecular formula is C20H28GeN6O. The Morgan fingerprint density at radius 2 is 1.75 bits per heavy atom. The summed E-state index contributed by atoms with van der Waals surface area (Å²) in [6.07, 6.45) is 1.71. The van der Waals surface area contributed by atoms with Crippen LogP contribution < -0.4 is 10.1 Å². The summed E-state index contributed by atoms with van der Waals surface area (Å²) in [5.74, 6) is 0. The summed E-state index contributed by atoms with van der Waals surface area (Å²) in [6.45, 7) is 8.66. The van der Waals surface area contributed by atoms with Gasteiger partial charge in [-0.15, -0.1) is 0 Å². The van der Waals surface area contributed by atoms with Crippen LogP contribution in [-0.2, 0) is 7.05 Å². The van der Waals surface area contributed by atoms with E-state index in [2.05, 4.69) is 41.2 Å². The molecule has 0 atom stereocenters. The van der Waals surface area contributed by atoms with Crippen molar-refractivity contribution in [3.05, 3.63) is 52.1 Å². The summed E-state index contributed by atoms with van der Waals surface area (Å²) in [4.78, 5) is 17.6. The van der Waals surface area contributed by atoms with Crippen molar-refractivity contribution in [3.8, 4) is 5.69 Å². The van der Waals surface area contributed by atoms with Crippen molar-refractivity contribution >= 4 is 29.7 Å². The number of rotatable bonds is 7. The summed E-state index contributed by atoms with van der Waals surface area (Å²) in [6, 6.07) is 9.59. The van der Waals surface area contributed by atoms with E-state index >= 15 is 0 Å². The SMILES string of the molecule is C[CH2][Ge]([CH2]C)([CH2]C)[c]1n[nH]nc1C=Nc1c(C)n(C)n(-c2ccccc2)c1=O. The maximum atomic E-state index is 13.0. The van der Waals surface area contributed by atoms with Crippen LogP contribution in [0.15, 0.2) is 40.1 Å². The van der Waals surface area contributed by atoms with Gasteiger partial charge in [0.2, 0.25) is 0 Å². The van der Waals surface area contributed by atoms with Crippen molar-refractivity contribution in [3.63, 3.8) is 0 Å². The first-order chi connectivity index (χ1) is 13.5. The zero-order valence-electron chi connectivity index (χ0n) is 17.2. The summed E-state index contributed by atoms with van der Waals surface area (Å²) >= 11 is -2.27. The molecular weight excluding hydrogens is 413 g/mol. The van der Waals surface area contributed by atoms with E-state index in [1.165, 1.54) is 0 Å². The molecule has 2 heterocycles. The van der Waals surface area contributed by atoms with Gasteiger partial charge in [0, 0.05) is 0 Å². The van der Waals surface area contributed by atoms with Gasteiger partial charge in [-0.2, -0.15) is 0 Å². The fraction of sp³-hybridized carbons (Fsp3) is 0.400. The fourth-order valence-electron chi connectivity index (χ4n) is 3.80. The van der Waals surface area contributed by atoms with E-state index in [0.29, 0.717) is 5.69 Å². The number of aromatic amines is 1. The number of benzene rings is 1. The Balaban J connectivity index is 2.05. The molecule has 0 aliphatic carbocycles. The third-order valence-corrected chi connectivity index (χ3v) is 17.3. The molecule has 0 bridgehead atoms. The Morgan fingerprint density at radius 3 is 2.36 bits per heavy atom. The minimum atomic E-state index is -2.27. The van der Waals surface area contributed by atoms with Crippen molar-refractivity contribution in [1.82, 2.24) is 24.8 Å². The monoisotopic (exact) mass is 442 g/mol. The summed E-state index contributed by atoms with van der Waals surface area (Å²) in [5.41, 5.74) is 2.70. The molecule has 8 heteroatoms. The molecule has 28 heavy (non-hydrogen) atoms. The van der Waals surface area contributed by atoms with Crippen LogP contribution in [0.4, 0.5) is 5.69 Å².